The van der Waals surface area contributed by atoms with Gasteiger partial charge in [-0.05, 0) is 43.2 Å². The molecule has 0 saturated carbocycles. The van der Waals surface area contributed by atoms with Crippen molar-refractivity contribution in [3.63, 3.8) is 0 Å². The zero-order valence-electron chi connectivity index (χ0n) is 18.9. The number of rotatable bonds is 10. The van der Waals surface area contributed by atoms with E-state index in [9.17, 15) is 0 Å². The molecule has 7 nitrogen and oxygen atoms in total. The number of ether oxygens (including phenoxy) is 2. The second kappa shape index (κ2) is 13.7. The van der Waals surface area contributed by atoms with Gasteiger partial charge >= 0.3 is 0 Å². The van der Waals surface area contributed by atoms with Gasteiger partial charge in [-0.15, -0.1) is 24.0 Å². The number of nitrogens with one attached hydrogen (secondary N) is 2. The van der Waals surface area contributed by atoms with E-state index in [1.807, 2.05) is 36.0 Å². The SMILES string of the molecule is CCOCCOc1cc(C)ccc1CNC(=NC)NCc1ccccc1-n1cccn1.I. The molecule has 0 bridgehead atoms. The summed E-state index contributed by atoms with van der Waals surface area (Å²) in [6.07, 6.45) is 3.72. The summed E-state index contributed by atoms with van der Waals surface area (Å²) in [7, 11) is 1.77. The van der Waals surface area contributed by atoms with Crippen LogP contribution in [0.2, 0.25) is 0 Å². The van der Waals surface area contributed by atoms with Crippen molar-refractivity contribution in [2.24, 2.45) is 4.99 Å². The van der Waals surface area contributed by atoms with Crippen LogP contribution in [0.25, 0.3) is 5.69 Å². The van der Waals surface area contributed by atoms with Gasteiger partial charge in [-0.3, -0.25) is 4.99 Å². The lowest BCUT2D eigenvalue weighted by molar-refractivity contribution is 0.110. The lowest BCUT2D eigenvalue weighted by Gasteiger charge is -2.16. The van der Waals surface area contributed by atoms with Gasteiger partial charge in [0.25, 0.3) is 0 Å². The number of guanidine groups is 1. The van der Waals surface area contributed by atoms with Gasteiger partial charge in [-0.2, -0.15) is 5.10 Å². The maximum Gasteiger partial charge on any atom is 0.191 e. The molecule has 0 saturated heterocycles. The molecule has 1 aromatic heterocycles. The molecule has 32 heavy (non-hydrogen) atoms. The first kappa shape index (κ1) is 25.7. The topological polar surface area (TPSA) is 72.7 Å². The van der Waals surface area contributed by atoms with Crippen molar-refractivity contribution >= 4 is 29.9 Å². The average Bonchev–Trinajstić information content (AvgIpc) is 3.33. The Balaban J connectivity index is 0.00000363. The van der Waals surface area contributed by atoms with E-state index in [0.717, 1.165) is 34.1 Å². The fraction of sp³-hybridized carbons (Fsp3) is 0.333. The maximum atomic E-state index is 5.94. The van der Waals surface area contributed by atoms with Crippen molar-refractivity contribution in [3.8, 4) is 11.4 Å². The third kappa shape index (κ3) is 7.52. The number of hydrogen-bond acceptors (Lipinski definition) is 4. The van der Waals surface area contributed by atoms with Crippen LogP contribution in [0, 0.1) is 6.92 Å². The van der Waals surface area contributed by atoms with Crippen LogP contribution in [-0.4, -0.2) is 42.6 Å². The van der Waals surface area contributed by atoms with Crippen LogP contribution in [0.5, 0.6) is 5.75 Å². The number of benzene rings is 2. The lowest BCUT2D eigenvalue weighted by Crippen LogP contribution is -2.36. The fourth-order valence-corrected chi connectivity index (χ4v) is 3.17. The van der Waals surface area contributed by atoms with Gasteiger partial charge in [-0.25, -0.2) is 4.68 Å². The van der Waals surface area contributed by atoms with Crippen LogP contribution < -0.4 is 15.4 Å². The number of aromatic nitrogens is 2. The molecule has 0 amide bonds. The van der Waals surface area contributed by atoms with Crippen molar-refractivity contribution in [1.29, 1.82) is 0 Å². The van der Waals surface area contributed by atoms with Gasteiger partial charge in [-0.1, -0.05) is 30.3 Å². The maximum absolute atomic E-state index is 5.94. The normalized spacial score (nSPS) is 11.0. The van der Waals surface area contributed by atoms with Crippen LogP contribution >= 0.6 is 24.0 Å². The van der Waals surface area contributed by atoms with Crippen LogP contribution in [-0.2, 0) is 17.8 Å². The zero-order valence-corrected chi connectivity index (χ0v) is 21.2. The number of aliphatic imine (C=N–C) groups is 1. The number of hydrogen-bond donors (Lipinski definition) is 2. The summed E-state index contributed by atoms with van der Waals surface area (Å²) in [5, 5.41) is 11.1. The molecule has 3 rings (SSSR count). The Morgan fingerprint density at radius 2 is 1.81 bits per heavy atom. The molecule has 0 unspecified atom stereocenters. The number of nitrogens with zero attached hydrogens (tertiary/aromatic N) is 3. The minimum Gasteiger partial charge on any atom is -0.491 e. The minimum atomic E-state index is 0. The molecule has 0 aliphatic heterocycles. The Bertz CT molecular complexity index is 976. The molecular weight excluding hydrogens is 517 g/mol. The van der Waals surface area contributed by atoms with Crippen molar-refractivity contribution in [2.75, 3.05) is 26.9 Å². The first-order chi connectivity index (χ1) is 15.2. The molecule has 0 atom stereocenters. The van der Waals surface area contributed by atoms with E-state index in [-0.39, 0.29) is 24.0 Å². The van der Waals surface area contributed by atoms with Crippen LogP contribution in [0.3, 0.4) is 0 Å². The standard InChI is InChI=1S/C24H31N5O2.HI/c1-4-30-14-15-31-23-16-19(2)10-11-21(23)18-27-24(25-3)26-17-20-8-5-6-9-22(20)29-13-7-12-28-29;/h5-13,16H,4,14-15,17-18H2,1-3H3,(H2,25,26,27);1H. The van der Waals surface area contributed by atoms with E-state index in [1.54, 1.807) is 13.2 Å². The molecule has 172 valence electrons. The smallest absolute Gasteiger partial charge is 0.191 e. The van der Waals surface area contributed by atoms with E-state index in [0.29, 0.717) is 32.9 Å². The Morgan fingerprint density at radius 1 is 1.03 bits per heavy atom. The first-order valence-electron chi connectivity index (χ1n) is 10.5. The van der Waals surface area contributed by atoms with E-state index in [4.69, 9.17) is 9.47 Å². The molecule has 0 spiro atoms. The van der Waals surface area contributed by atoms with Gasteiger partial charge in [0.2, 0.25) is 0 Å². The third-order valence-corrected chi connectivity index (χ3v) is 4.77. The predicted molar refractivity (Wildman–Crippen MR) is 139 cm³/mol. The Hall–Kier alpha value is -2.59. The summed E-state index contributed by atoms with van der Waals surface area (Å²) >= 11 is 0. The summed E-state index contributed by atoms with van der Waals surface area (Å²) in [5.41, 5.74) is 4.40. The monoisotopic (exact) mass is 549 g/mol. The van der Waals surface area contributed by atoms with Crippen molar-refractivity contribution in [1.82, 2.24) is 20.4 Å². The van der Waals surface area contributed by atoms with E-state index in [2.05, 4.69) is 58.0 Å². The first-order valence-corrected chi connectivity index (χ1v) is 10.5. The fourth-order valence-electron chi connectivity index (χ4n) is 3.17. The van der Waals surface area contributed by atoms with Gasteiger partial charge in [0.1, 0.15) is 12.4 Å². The van der Waals surface area contributed by atoms with Gasteiger partial charge in [0.15, 0.2) is 5.96 Å². The Kier molecular flexibility index (Phi) is 11.0. The van der Waals surface area contributed by atoms with Gasteiger partial charge < -0.3 is 20.1 Å². The lowest BCUT2D eigenvalue weighted by atomic mass is 10.1. The highest BCUT2D eigenvalue weighted by Crippen LogP contribution is 2.20. The zero-order chi connectivity index (χ0) is 21.9. The van der Waals surface area contributed by atoms with Gasteiger partial charge in [0, 0.05) is 44.7 Å². The van der Waals surface area contributed by atoms with Crippen molar-refractivity contribution in [3.05, 3.63) is 77.6 Å². The molecular formula is C24H32IN5O2. The number of halogens is 1. The molecule has 3 aromatic rings. The molecule has 2 N–H and O–H groups in total. The Morgan fingerprint density at radius 3 is 2.53 bits per heavy atom. The molecule has 1 heterocycles. The number of aryl methyl sites for hydroxylation is 1. The largest absolute Gasteiger partial charge is 0.491 e. The van der Waals surface area contributed by atoms with Gasteiger partial charge in [0.05, 0.1) is 12.3 Å². The van der Waals surface area contributed by atoms with E-state index in [1.165, 1.54) is 0 Å². The molecule has 2 aromatic carbocycles. The van der Waals surface area contributed by atoms with E-state index >= 15 is 0 Å². The van der Waals surface area contributed by atoms with Crippen molar-refractivity contribution in [2.45, 2.75) is 26.9 Å². The van der Waals surface area contributed by atoms with E-state index < -0.39 is 0 Å². The molecule has 0 aliphatic carbocycles. The second-order valence-corrected chi connectivity index (χ2v) is 7.02. The third-order valence-electron chi connectivity index (χ3n) is 4.77. The van der Waals surface area contributed by atoms with Crippen LogP contribution in [0.4, 0.5) is 0 Å². The second-order valence-electron chi connectivity index (χ2n) is 7.02. The highest BCUT2D eigenvalue weighted by molar-refractivity contribution is 14.0. The summed E-state index contributed by atoms with van der Waals surface area (Å²) in [4.78, 5) is 4.36. The molecule has 8 heteroatoms. The van der Waals surface area contributed by atoms with Crippen molar-refractivity contribution < 1.29 is 9.47 Å². The molecule has 0 aliphatic rings. The summed E-state index contributed by atoms with van der Waals surface area (Å²) in [6.45, 7) is 7.07. The summed E-state index contributed by atoms with van der Waals surface area (Å²) in [5.74, 6) is 1.59. The number of para-hydroxylation sites is 1. The summed E-state index contributed by atoms with van der Waals surface area (Å²) in [6, 6.07) is 16.3. The quantitative estimate of drug-likeness (QED) is 0.173. The molecule has 0 radical (unpaired) electrons. The predicted octanol–water partition coefficient (Wildman–Crippen LogP) is 4.08. The summed E-state index contributed by atoms with van der Waals surface area (Å²) < 4.78 is 13.2. The molecule has 0 fully saturated rings. The highest BCUT2D eigenvalue weighted by atomic mass is 127. The Labute approximate surface area is 207 Å². The van der Waals surface area contributed by atoms with Crippen LogP contribution in [0.1, 0.15) is 23.6 Å². The minimum absolute atomic E-state index is 0. The highest BCUT2D eigenvalue weighted by Gasteiger charge is 2.08. The average molecular weight is 549 g/mol. The van der Waals surface area contributed by atoms with Crippen LogP contribution in [0.15, 0.2) is 65.9 Å².